The molecule has 0 radical (unpaired) electrons. The highest BCUT2D eigenvalue weighted by atomic mass is 32.2. The number of sulfonamides is 1. The molecule has 1 aromatic heterocycles. The molecule has 0 aliphatic carbocycles. The maximum absolute atomic E-state index is 13.6. The molecule has 34 heavy (non-hydrogen) atoms. The molecular weight excluding hydrogens is 454 g/mol. The molecule has 2 aromatic carbocycles. The van der Waals surface area contributed by atoms with Crippen LogP contribution < -0.4 is 9.62 Å². The Morgan fingerprint density at radius 3 is 2.53 bits per heavy atom. The largest absolute Gasteiger partial charge is 0.465 e. The maximum atomic E-state index is 13.6. The van der Waals surface area contributed by atoms with Crippen LogP contribution in [0.1, 0.15) is 42.1 Å². The minimum atomic E-state index is -4.00. The maximum Gasteiger partial charge on any atom is 0.337 e. The summed E-state index contributed by atoms with van der Waals surface area (Å²) in [7, 11) is -0.947. The predicted molar refractivity (Wildman–Crippen MR) is 130 cm³/mol. The standard InChI is InChI=1S/C24H29N5O4S/c1-4-17-8-9-19(24(30)33-3)15-22(17)34(31,32)27-20-14-18(23-25-16-26-28(23)2)10-11-21(20)29-12-6-5-7-13-29/h8-11,14-16,27H,4-7,12-13H2,1-3H3. The van der Waals surface area contributed by atoms with Crippen LogP contribution in [0.2, 0.25) is 0 Å². The predicted octanol–water partition coefficient (Wildman–Crippen LogP) is 3.62. The number of benzene rings is 2. The zero-order chi connectivity index (χ0) is 24.3. The number of esters is 1. The molecule has 0 saturated carbocycles. The number of hydrogen-bond donors (Lipinski definition) is 1. The number of carbonyl (C=O) groups is 1. The molecule has 0 bridgehead atoms. The van der Waals surface area contributed by atoms with E-state index in [1.54, 1.807) is 29.9 Å². The lowest BCUT2D eigenvalue weighted by molar-refractivity contribution is 0.0600. The fourth-order valence-electron chi connectivity index (χ4n) is 4.27. The molecule has 1 saturated heterocycles. The monoisotopic (exact) mass is 483 g/mol. The molecule has 9 nitrogen and oxygen atoms in total. The van der Waals surface area contributed by atoms with Gasteiger partial charge in [0.2, 0.25) is 0 Å². The average Bonchev–Trinajstić information content (AvgIpc) is 3.29. The molecule has 10 heteroatoms. The Bertz CT molecular complexity index is 1300. The van der Waals surface area contributed by atoms with Gasteiger partial charge in [-0.1, -0.05) is 13.0 Å². The highest BCUT2D eigenvalue weighted by Crippen LogP contribution is 2.34. The van der Waals surface area contributed by atoms with Crippen molar-refractivity contribution in [1.82, 2.24) is 14.8 Å². The number of nitrogens with zero attached hydrogens (tertiary/aromatic N) is 4. The zero-order valence-electron chi connectivity index (χ0n) is 19.6. The lowest BCUT2D eigenvalue weighted by Gasteiger charge is -2.31. The Balaban J connectivity index is 1.80. The first-order valence-electron chi connectivity index (χ1n) is 11.3. The van der Waals surface area contributed by atoms with E-state index in [9.17, 15) is 13.2 Å². The van der Waals surface area contributed by atoms with Gasteiger partial charge in [0.1, 0.15) is 6.33 Å². The van der Waals surface area contributed by atoms with Gasteiger partial charge < -0.3 is 9.64 Å². The minimum absolute atomic E-state index is 0.0616. The second-order valence-corrected chi connectivity index (χ2v) is 9.91. The lowest BCUT2D eigenvalue weighted by Crippen LogP contribution is -2.30. The van der Waals surface area contributed by atoms with Crippen LogP contribution in [0.4, 0.5) is 11.4 Å². The van der Waals surface area contributed by atoms with Gasteiger partial charge in [-0.25, -0.2) is 22.9 Å². The van der Waals surface area contributed by atoms with Crippen molar-refractivity contribution in [2.45, 2.75) is 37.5 Å². The highest BCUT2D eigenvalue weighted by Gasteiger charge is 2.24. The molecule has 0 unspecified atom stereocenters. The number of piperidine rings is 1. The Hall–Kier alpha value is -3.40. The van der Waals surface area contributed by atoms with Gasteiger partial charge in [-0.15, -0.1) is 0 Å². The number of aryl methyl sites for hydroxylation is 2. The molecule has 4 rings (SSSR count). The quantitative estimate of drug-likeness (QED) is 0.512. The van der Waals surface area contributed by atoms with Crippen molar-refractivity contribution in [2.75, 3.05) is 29.8 Å². The number of nitrogens with one attached hydrogen (secondary N) is 1. The second kappa shape index (κ2) is 9.84. The van der Waals surface area contributed by atoms with Crippen molar-refractivity contribution in [2.24, 2.45) is 7.05 Å². The zero-order valence-corrected chi connectivity index (χ0v) is 20.4. The number of ether oxygens (including phenoxy) is 1. The van der Waals surface area contributed by atoms with Gasteiger partial charge in [-0.05, 0) is 61.6 Å². The van der Waals surface area contributed by atoms with Crippen LogP contribution in [0, 0.1) is 0 Å². The summed E-state index contributed by atoms with van der Waals surface area (Å²) in [4.78, 5) is 18.6. The number of methoxy groups -OCH3 is 1. The molecule has 1 aliphatic heterocycles. The summed E-state index contributed by atoms with van der Waals surface area (Å²) in [5, 5.41) is 4.13. The average molecular weight is 484 g/mol. The second-order valence-electron chi connectivity index (χ2n) is 8.26. The molecule has 2 heterocycles. The first-order chi connectivity index (χ1) is 16.3. The fraction of sp³-hybridized carbons (Fsp3) is 0.375. The third kappa shape index (κ3) is 4.77. The van der Waals surface area contributed by atoms with Gasteiger partial charge in [-0.3, -0.25) is 4.72 Å². The summed E-state index contributed by atoms with van der Waals surface area (Å²) in [6.07, 6.45) is 5.23. The van der Waals surface area contributed by atoms with E-state index < -0.39 is 16.0 Å². The van der Waals surface area contributed by atoms with Gasteiger partial charge >= 0.3 is 5.97 Å². The third-order valence-corrected chi connectivity index (χ3v) is 7.51. The van der Waals surface area contributed by atoms with Crippen LogP contribution in [0.5, 0.6) is 0 Å². The molecule has 0 amide bonds. The summed E-state index contributed by atoms with van der Waals surface area (Å²) >= 11 is 0. The van der Waals surface area contributed by atoms with Crippen molar-refractivity contribution in [3.8, 4) is 11.4 Å². The Morgan fingerprint density at radius 1 is 1.12 bits per heavy atom. The SMILES string of the molecule is CCc1ccc(C(=O)OC)cc1S(=O)(=O)Nc1cc(-c2ncnn2C)ccc1N1CCCCC1. The van der Waals surface area contributed by atoms with Crippen molar-refractivity contribution in [3.05, 3.63) is 53.9 Å². The van der Waals surface area contributed by atoms with E-state index in [2.05, 4.69) is 19.7 Å². The van der Waals surface area contributed by atoms with Crippen molar-refractivity contribution >= 4 is 27.4 Å². The van der Waals surface area contributed by atoms with Crippen LogP contribution in [-0.2, 0) is 28.2 Å². The van der Waals surface area contributed by atoms with E-state index in [0.29, 0.717) is 23.5 Å². The first-order valence-corrected chi connectivity index (χ1v) is 12.8. The van der Waals surface area contributed by atoms with Gasteiger partial charge in [0.05, 0.1) is 28.9 Å². The summed E-state index contributed by atoms with van der Waals surface area (Å²) in [5.41, 5.74) is 2.83. The van der Waals surface area contributed by atoms with Gasteiger partial charge in [0.25, 0.3) is 10.0 Å². The molecule has 3 aromatic rings. The van der Waals surface area contributed by atoms with Gasteiger partial charge in [-0.2, -0.15) is 5.10 Å². The number of aromatic nitrogens is 3. The smallest absolute Gasteiger partial charge is 0.337 e. The van der Waals surface area contributed by atoms with Crippen LogP contribution in [0.15, 0.2) is 47.6 Å². The molecule has 1 fully saturated rings. The number of anilines is 2. The Kier molecular flexibility index (Phi) is 6.87. The van der Waals surface area contributed by atoms with E-state index in [0.717, 1.165) is 43.6 Å². The van der Waals surface area contributed by atoms with E-state index >= 15 is 0 Å². The summed E-state index contributed by atoms with van der Waals surface area (Å²) in [6, 6.07) is 10.3. The molecule has 0 atom stereocenters. The van der Waals surface area contributed by atoms with Crippen LogP contribution >= 0.6 is 0 Å². The summed E-state index contributed by atoms with van der Waals surface area (Å²) in [5.74, 6) is 0.0463. The first kappa shape index (κ1) is 23.7. The topological polar surface area (TPSA) is 106 Å². The number of rotatable bonds is 7. The molecule has 1 N–H and O–H groups in total. The number of carbonyl (C=O) groups excluding carboxylic acids is 1. The van der Waals surface area contributed by atoms with Crippen molar-refractivity contribution in [1.29, 1.82) is 0 Å². The van der Waals surface area contributed by atoms with E-state index in [1.807, 2.05) is 19.1 Å². The van der Waals surface area contributed by atoms with Crippen LogP contribution in [-0.4, -0.2) is 49.4 Å². The molecule has 180 valence electrons. The Morgan fingerprint density at radius 2 is 1.88 bits per heavy atom. The van der Waals surface area contributed by atoms with Gasteiger partial charge in [0.15, 0.2) is 5.82 Å². The third-order valence-electron chi connectivity index (χ3n) is 6.07. The molecule has 1 aliphatic rings. The van der Waals surface area contributed by atoms with Gasteiger partial charge in [0, 0.05) is 25.7 Å². The summed E-state index contributed by atoms with van der Waals surface area (Å²) < 4.78 is 36.5. The normalized spacial score (nSPS) is 14.1. The highest BCUT2D eigenvalue weighted by molar-refractivity contribution is 7.92. The Labute approximate surface area is 199 Å². The van der Waals surface area contributed by atoms with Crippen LogP contribution in [0.3, 0.4) is 0 Å². The van der Waals surface area contributed by atoms with E-state index in [-0.39, 0.29) is 10.5 Å². The molecular formula is C24H29N5O4S. The van der Waals surface area contributed by atoms with Crippen LogP contribution in [0.25, 0.3) is 11.4 Å². The minimum Gasteiger partial charge on any atom is -0.465 e. The van der Waals surface area contributed by atoms with E-state index in [4.69, 9.17) is 4.74 Å². The summed E-state index contributed by atoms with van der Waals surface area (Å²) in [6.45, 7) is 3.59. The number of hydrogen-bond acceptors (Lipinski definition) is 7. The molecule has 0 spiro atoms. The van der Waals surface area contributed by atoms with Crippen molar-refractivity contribution < 1.29 is 17.9 Å². The van der Waals surface area contributed by atoms with Crippen molar-refractivity contribution in [3.63, 3.8) is 0 Å². The fourth-order valence-corrected chi connectivity index (χ4v) is 5.67. The lowest BCUT2D eigenvalue weighted by atomic mass is 10.1. The van der Waals surface area contributed by atoms with E-state index in [1.165, 1.54) is 19.5 Å².